The third-order valence-electron chi connectivity index (χ3n) is 4.03. The summed E-state index contributed by atoms with van der Waals surface area (Å²) >= 11 is 5.95. The second kappa shape index (κ2) is 6.37. The number of anilines is 1. The Bertz CT molecular complexity index is 864. The lowest BCUT2D eigenvalue weighted by Gasteiger charge is -2.18. The number of amides is 3. The summed E-state index contributed by atoms with van der Waals surface area (Å²) in [6.45, 7) is 6.43. The molecule has 1 aliphatic rings. The first-order valence-electron chi connectivity index (χ1n) is 7.99. The smallest absolute Gasteiger partial charge is 0.302 e. The lowest BCUT2D eigenvalue weighted by Crippen LogP contribution is -2.30. The van der Waals surface area contributed by atoms with Crippen molar-refractivity contribution in [1.82, 2.24) is 5.32 Å². The maximum Gasteiger partial charge on any atom is 0.333 e. The van der Waals surface area contributed by atoms with E-state index in [9.17, 15) is 9.59 Å². The van der Waals surface area contributed by atoms with Gasteiger partial charge in [0, 0.05) is 5.02 Å². The van der Waals surface area contributed by atoms with Crippen LogP contribution in [0.4, 0.5) is 10.5 Å². The Hall–Kier alpha value is -2.59. The summed E-state index contributed by atoms with van der Waals surface area (Å²) in [7, 11) is 0. The molecule has 4 nitrogen and oxygen atoms in total. The van der Waals surface area contributed by atoms with E-state index in [1.807, 2.05) is 24.3 Å². The van der Waals surface area contributed by atoms with E-state index in [4.69, 9.17) is 11.6 Å². The Labute approximate surface area is 152 Å². The van der Waals surface area contributed by atoms with E-state index in [1.54, 1.807) is 30.3 Å². The number of benzene rings is 2. The molecule has 0 saturated carbocycles. The number of halogens is 1. The lowest BCUT2D eigenvalue weighted by molar-refractivity contribution is -0.113. The topological polar surface area (TPSA) is 49.4 Å². The van der Waals surface area contributed by atoms with Crippen LogP contribution in [0.3, 0.4) is 0 Å². The van der Waals surface area contributed by atoms with Crippen molar-refractivity contribution in [3.63, 3.8) is 0 Å². The minimum Gasteiger partial charge on any atom is -0.302 e. The summed E-state index contributed by atoms with van der Waals surface area (Å²) in [5, 5.41) is 3.09. The molecule has 3 rings (SSSR count). The number of hydrogen-bond acceptors (Lipinski definition) is 2. The maximum atomic E-state index is 12.6. The highest BCUT2D eigenvalue weighted by Gasteiger charge is 2.34. The van der Waals surface area contributed by atoms with Crippen molar-refractivity contribution >= 4 is 35.3 Å². The van der Waals surface area contributed by atoms with E-state index in [-0.39, 0.29) is 11.1 Å². The predicted molar refractivity (Wildman–Crippen MR) is 101 cm³/mol. The number of nitrogens with one attached hydrogen (secondary N) is 1. The molecule has 1 saturated heterocycles. The van der Waals surface area contributed by atoms with Gasteiger partial charge in [-0.2, -0.15) is 0 Å². The molecule has 5 heteroatoms. The Kier molecular flexibility index (Phi) is 4.39. The van der Waals surface area contributed by atoms with Gasteiger partial charge in [0.2, 0.25) is 0 Å². The van der Waals surface area contributed by atoms with Crippen LogP contribution in [0.15, 0.2) is 54.2 Å². The number of nitrogens with zero attached hydrogens (tertiary/aromatic N) is 1. The van der Waals surface area contributed by atoms with Gasteiger partial charge >= 0.3 is 6.03 Å². The minimum absolute atomic E-state index is 0.0619. The predicted octanol–water partition coefficient (Wildman–Crippen LogP) is 4.73. The van der Waals surface area contributed by atoms with E-state index in [2.05, 4.69) is 26.1 Å². The number of imide groups is 1. The quantitative estimate of drug-likeness (QED) is 0.625. The number of hydrogen-bond donors (Lipinski definition) is 1. The van der Waals surface area contributed by atoms with Crippen molar-refractivity contribution in [3.05, 3.63) is 70.4 Å². The highest BCUT2D eigenvalue weighted by Crippen LogP contribution is 2.26. The highest BCUT2D eigenvalue weighted by atomic mass is 35.5. The molecule has 0 bridgehead atoms. The molecule has 2 aromatic rings. The van der Waals surface area contributed by atoms with E-state index < -0.39 is 11.9 Å². The Morgan fingerprint density at radius 3 is 2.32 bits per heavy atom. The van der Waals surface area contributed by atoms with Gasteiger partial charge in [0.1, 0.15) is 5.70 Å². The first-order valence-corrected chi connectivity index (χ1v) is 8.37. The van der Waals surface area contributed by atoms with Crippen molar-refractivity contribution in [2.75, 3.05) is 4.90 Å². The third-order valence-corrected chi connectivity index (χ3v) is 4.27. The fourth-order valence-corrected chi connectivity index (χ4v) is 2.82. The van der Waals surface area contributed by atoms with Crippen molar-refractivity contribution < 1.29 is 9.59 Å². The SMILES string of the molecule is CC(C)(C)c1ccc(C=C2NC(=O)N(c3cccc(Cl)c3)C2=O)cc1. The summed E-state index contributed by atoms with van der Waals surface area (Å²) in [5.41, 5.74) is 2.81. The first kappa shape index (κ1) is 17.2. The summed E-state index contributed by atoms with van der Waals surface area (Å²) in [5.74, 6) is -0.396. The molecule has 1 N–H and O–H groups in total. The Morgan fingerprint density at radius 1 is 1.04 bits per heavy atom. The standard InChI is InChI=1S/C20H19ClN2O2/c1-20(2,3)14-9-7-13(8-10-14)11-17-18(24)23(19(25)22-17)16-6-4-5-15(21)12-16/h4-12H,1-3H3,(H,22,25). The largest absolute Gasteiger partial charge is 0.333 e. The maximum absolute atomic E-state index is 12.6. The van der Waals surface area contributed by atoms with Crippen molar-refractivity contribution in [1.29, 1.82) is 0 Å². The zero-order valence-corrected chi connectivity index (χ0v) is 15.1. The zero-order chi connectivity index (χ0) is 18.2. The molecule has 1 aliphatic heterocycles. The van der Waals surface area contributed by atoms with E-state index in [1.165, 1.54) is 5.56 Å². The van der Waals surface area contributed by atoms with Gasteiger partial charge in [-0.25, -0.2) is 9.69 Å². The van der Waals surface area contributed by atoms with Gasteiger partial charge in [-0.15, -0.1) is 0 Å². The Balaban J connectivity index is 1.88. The molecule has 128 valence electrons. The molecule has 0 radical (unpaired) electrons. The van der Waals surface area contributed by atoms with Gasteiger partial charge in [0.25, 0.3) is 5.91 Å². The Morgan fingerprint density at radius 2 is 1.72 bits per heavy atom. The summed E-state index contributed by atoms with van der Waals surface area (Å²) < 4.78 is 0. The van der Waals surface area contributed by atoms with Crippen LogP contribution in [-0.4, -0.2) is 11.9 Å². The number of urea groups is 1. The van der Waals surface area contributed by atoms with E-state index in [0.29, 0.717) is 10.7 Å². The van der Waals surface area contributed by atoms with Gasteiger partial charge < -0.3 is 5.32 Å². The van der Waals surface area contributed by atoms with Crippen LogP contribution in [0.2, 0.25) is 5.02 Å². The van der Waals surface area contributed by atoms with Crippen LogP contribution in [0.1, 0.15) is 31.9 Å². The van der Waals surface area contributed by atoms with Gasteiger partial charge in [0.15, 0.2) is 0 Å². The monoisotopic (exact) mass is 354 g/mol. The van der Waals surface area contributed by atoms with Crippen LogP contribution in [0.5, 0.6) is 0 Å². The zero-order valence-electron chi connectivity index (χ0n) is 14.3. The lowest BCUT2D eigenvalue weighted by atomic mass is 9.87. The second-order valence-electron chi connectivity index (χ2n) is 6.98. The van der Waals surface area contributed by atoms with Crippen molar-refractivity contribution in [2.45, 2.75) is 26.2 Å². The molecule has 2 aromatic carbocycles. The molecule has 0 spiro atoms. The molecule has 0 aromatic heterocycles. The average Bonchev–Trinajstić information content (AvgIpc) is 2.81. The molecule has 1 fully saturated rings. The van der Waals surface area contributed by atoms with E-state index >= 15 is 0 Å². The van der Waals surface area contributed by atoms with Crippen LogP contribution in [0, 0.1) is 0 Å². The molecule has 0 atom stereocenters. The summed E-state index contributed by atoms with van der Waals surface area (Å²) in [6.07, 6.45) is 1.68. The fourth-order valence-electron chi connectivity index (χ4n) is 2.63. The molecule has 25 heavy (non-hydrogen) atoms. The van der Waals surface area contributed by atoms with Crippen LogP contribution in [-0.2, 0) is 10.2 Å². The number of rotatable bonds is 2. The average molecular weight is 355 g/mol. The fraction of sp³-hybridized carbons (Fsp3) is 0.200. The number of carbonyl (C=O) groups is 2. The van der Waals surface area contributed by atoms with Gasteiger partial charge in [-0.1, -0.05) is 62.7 Å². The highest BCUT2D eigenvalue weighted by molar-refractivity contribution is 6.32. The molecular formula is C20H19ClN2O2. The van der Waals surface area contributed by atoms with Crippen LogP contribution < -0.4 is 10.2 Å². The first-order chi connectivity index (χ1) is 11.8. The summed E-state index contributed by atoms with van der Waals surface area (Å²) in [6, 6.07) is 14.1. The molecular weight excluding hydrogens is 336 g/mol. The van der Waals surface area contributed by atoms with Gasteiger partial charge in [-0.3, -0.25) is 4.79 Å². The third kappa shape index (κ3) is 3.59. The van der Waals surface area contributed by atoms with Crippen molar-refractivity contribution in [3.8, 4) is 0 Å². The molecule has 0 unspecified atom stereocenters. The van der Waals surface area contributed by atoms with E-state index in [0.717, 1.165) is 10.5 Å². The van der Waals surface area contributed by atoms with Crippen molar-refractivity contribution in [2.24, 2.45) is 0 Å². The van der Waals surface area contributed by atoms with Gasteiger partial charge in [0.05, 0.1) is 5.69 Å². The van der Waals surface area contributed by atoms with Crippen LogP contribution >= 0.6 is 11.6 Å². The molecule has 1 heterocycles. The molecule has 0 aliphatic carbocycles. The second-order valence-corrected chi connectivity index (χ2v) is 7.42. The normalized spacial score (nSPS) is 16.5. The molecule has 3 amide bonds. The van der Waals surface area contributed by atoms with Gasteiger partial charge in [-0.05, 0) is 40.8 Å². The van der Waals surface area contributed by atoms with Crippen LogP contribution in [0.25, 0.3) is 6.08 Å². The summed E-state index contributed by atoms with van der Waals surface area (Å²) in [4.78, 5) is 25.9. The minimum atomic E-state index is -0.482. The number of carbonyl (C=O) groups excluding carboxylic acids is 2.